The lowest BCUT2D eigenvalue weighted by atomic mass is 9.86. The second kappa shape index (κ2) is 8.49. The second-order valence-corrected chi connectivity index (χ2v) is 8.58. The van der Waals surface area contributed by atoms with E-state index in [4.69, 9.17) is 18.5 Å². The fourth-order valence-corrected chi connectivity index (χ4v) is 3.25. The summed E-state index contributed by atoms with van der Waals surface area (Å²) < 4.78 is 23.6. The molecule has 0 radical (unpaired) electrons. The molecular weight excluding hydrogens is 399 g/mol. The van der Waals surface area contributed by atoms with Gasteiger partial charge in [-0.25, -0.2) is 4.79 Å². The zero-order valence-electron chi connectivity index (χ0n) is 16.7. The molecule has 26 heavy (non-hydrogen) atoms. The van der Waals surface area contributed by atoms with Crippen LogP contribution in [-0.4, -0.2) is 30.4 Å². The number of hydrogen-bond donors (Lipinski definition) is 0. The molecule has 0 N–H and O–H groups in total. The van der Waals surface area contributed by atoms with Gasteiger partial charge in [-0.15, -0.1) is 0 Å². The van der Waals surface area contributed by atoms with Crippen LogP contribution in [-0.2, 0) is 14.0 Å². The Bertz CT molecular complexity index is 609. The van der Waals surface area contributed by atoms with E-state index in [9.17, 15) is 4.79 Å². The van der Waals surface area contributed by atoms with Crippen molar-refractivity contribution in [2.24, 2.45) is 0 Å². The molecule has 1 aromatic heterocycles. The molecule has 146 valence electrons. The van der Waals surface area contributed by atoms with Crippen molar-refractivity contribution in [3.63, 3.8) is 0 Å². The molecule has 0 spiro atoms. The van der Waals surface area contributed by atoms with E-state index in [1.165, 1.54) is 0 Å². The lowest BCUT2D eigenvalue weighted by Crippen LogP contribution is -2.41. The molecule has 1 atom stereocenters. The largest absolute Gasteiger partial charge is 0.532 e. The summed E-state index contributed by atoms with van der Waals surface area (Å²) in [6, 6.07) is 1.65. The maximum atomic E-state index is 12.6. The van der Waals surface area contributed by atoms with Crippen LogP contribution in [0.2, 0.25) is 0 Å². The molecule has 1 aliphatic heterocycles. The van der Waals surface area contributed by atoms with Crippen LogP contribution in [0.25, 0.3) is 0 Å². The molecule has 1 aliphatic rings. The Morgan fingerprint density at radius 2 is 1.81 bits per heavy atom. The number of unbranched alkanes of at least 4 members (excludes halogenated alkanes) is 2. The Kier molecular flexibility index (Phi) is 7.02. The van der Waals surface area contributed by atoms with E-state index in [1.807, 2.05) is 34.6 Å². The van der Waals surface area contributed by atoms with Crippen LogP contribution >= 0.6 is 15.9 Å². The molecule has 0 saturated carbocycles. The normalized spacial score (nSPS) is 19.6. The molecular formula is C19H30BBrO5. The standard InChI is InChI=1S/C19H30BBrO5/c1-7-9-10-11-13(8-2)23-17(22)14-12-15(24-16(14)21)20-25-18(3,4)19(5,6)26-20/h12-13H,7-11H2,1-6H3/t13-/m0/s1. The van der Waals surface area contributed by atoms with Gasteiger partial charge in [0.05, 0.1) is 11.2 Å². The van der Waals surface area contributed by atoms with E-state index in [0.717, 1.165) is 32.1 Å². The monoisotopic (exact) mass is 428 g/mol. The molecule has 0 aliphatic carbocycles. The lowest BCUT2D eigenvalue weighted by molar-refractivity contribution is 0.00578. The van der Waals surface area contributed by atoms with Gasteiger partial charge in [0.15, 0.2) is 4.67 Å². The number of esters is 1. The van der Waals surface area contributed by atoms with Crippen LogP contribution in [0.3, 0.4) is 0 Å². The minimum absolute atomic E-state index is 0.0730. The lowest BCUT2D eigenvalue weighted by Gasteiger charge is -2.32. The van der Waals surface area contributed by atoms with Gasteiger partial charge in [-0.1, -0.05) is 26.7 Å². The van der Waals surface area contributed by atoms with Crippen molar-refractivity contribution in [1.82, 2.24) is 0 Å². The first-order chi connectivity index (χ1) is 12.1. The molecule has 1 aromatic rings. The van der Waals surface area contributed by atoms with Crippen molar-refractivity contribution >= 4 is 34.7 Å². The first-order valence-electron chi connectivity index (χ1n) is 9.47. The van der Waals surface area contributed by atoms with Crippen molar-refractivity contribution < 1.29 is 23.3 Å². The van der Waals surface area contributed by atoms with E-state index in [-0.39, 0.29) is 12.1 Å². The number of ether oxygens (including phenoxy) is 1. The summed E-state index contributed by atoms with van der Waals surface area (Å²) in [5.41, 5.74) is -0.112. The van der Waals surface area contributed by atoms with E-state index in [2.05, 4.69) is 22.9 Å². The van der Waals surface area contributed by atoms with E-state index in [0.29, 0.717) is 15.9 Å². The van der Waals surface area contributed by atoms with Crippen LogP contribution in [0.15, 0.2) is 15.2 Å². The Balaban J connectivity index is 2.06. The third-order valence-electron chi connectivity index (χ3n) is 5.27. The molecule has 2 heterocycles. The van der Waals surface area contributed by atoms with Crippen molar-refractivity contribution in [1.29, 1.82) is 0 Å². The highest BCUT2D eigenvalue weighted by Crippen LogP contribution is 2.37. The van der Waals surface area contributed by atoms with E-state index >= 15 is 0 Å². The number of carbonyl (C=O) groups excluding carboxylic acids is 1. The topological polar surface area (TPSA) is 57.9 Å². The van der Waals surface area contributed by atoms with Crippen molar-refractivity contribution in [3.8, 4) is 0 Å². The van der Waals surface area contributed by atoms with Gasteiger partial charge < -0.3 is 18.5 Å². The Hall–Kier alpha value is -0.785. The fourth-order valence-electron chi connectivity index (χ4n) is 2.78. The molecule has 2 rings (SSSR count). The summed E-state index contributed by atoms with van der Waals surface area (Å²) in [5.74, 6) is -0.383. The number of hydrogen-bond acceptors (Lipinski definition) is 5. The highest BCUT2D eigenvalue weighted by molar-refractivity contribution is 9.10. The molecule has 0 aromatic carbocycles. The predicted octanol–water partition coefficient (Wildman–Crippen LogP) is 4.86. The quantitative estimate of drug-likeness (QED) is 0.336. The first-order valence-corrected chi connectivity index (χ1v) is 10.3. The smallest absolute Gasteiger partial charge is 0.459 e. The summed E-state index contributed by atoms with van der Waals surface area (Å²) in [7, 11) is -0.649. The predicted molar refractivity (Wildman–Crippen MR) is 106 cm³/mol. The van der Waals surface area contributed by atoms with Gasteiger partial charge >= 0.3 is 13.1 Å². The van der Waals surface area contributed by atoms with Gasteiger partial charge in [-0.05, 0) is 69.0 Å². The van der Waals surface area contributed by atoms with Crippen LogP contribution in [0, 0.1) is 0 Å². The molecule has 0 unspecified atom stereocenters. The molecule has 0 bridgehead atoms. The van der Waals surface area contributed by atoms with Crippen LogP contribution in [0.1, 0.15) is 84.0 Å². The first kappa shape index (κ1) is 21.5. The van der Waals surface area contributed by atoms with Crippen molar-refractivity contribution in [2.45, 2.75) is 91.0 Å². The SMILES string of the molecule is CCCCC[C@H](CC)OC(=O)c1cc(B2OC(C)(C)C(C)(C)O2)oc1Br. The van der Waals surface area contributed by atoms with Gasteiger partial charge in [0, 0.05) is 0 Å². The summed E-state index contributed by atoms with van der Waals surface area (Å²) in [4.78, 5) is 12.6. The van der Waals surface area contributed by atoms with Crippen molar-refractivity contribution in [3.05, 3.63) is 16.3 Å². The average molecular weight is 429 g/mol. The highest BCUT2D eigenvalue weighted by Gasteiger charge is 2.53. The van der Waals surface area contributed by atoms with Gasteiger partial charge in [-0.3, -0.25) is 0 Å². The second-order valence-electron chi connectivity index (χ2n) is 7.86. The number of furan rings is 1. The summed E-state index contributed by atoms with van der Waals surface area (Å²) in [6.45, 7) is 12.1. The minimum Gasteiger partial charge on any atom is -0.459 e. The Morgan fingerprint density at radius 3 is 2.35 bits per heavy atom. The number of rotatable bonds is 8. The Morgan fingerprint density at radius 1 is 1.19 bits per heavy atom. The zero-order valence-corrected chi connectivity index (χ0v) is 18.3. The minimum atomic E-state index is -0.649. The fraction of sp³-hybridized carbons (Fsp3) is 0.737. The van der Waals surface area contributed by atoms with Crippen LogP contribution in [0.5, 0.6) is 0 Å². The van der Waals surface area contributed by atoms with E-state index < -0.39 is 18.3 Å². The van der Waals surface area contributed by atoms with Gasteiger partial charge in [0.1, 0.15) is 17.3 Å². The molecule has 7 heteroatoms. The van der Waals surface area contributed by atoms with E-state index in [1.54, 1.807) is 6.07 Å². The molecule has 0 amide bonds. The van der Waals surface area contributed by atoms with Gasteiger partial charge in [-0.2, -0.15) is 0 Å². The third-order valence-corrected chi connectivity index (χ3v) is 5.86. The van der Waals surface area contributed by atoms with Crippen molar-refractivity contribution in [2.75, 3.05) is 0 Å². The summed E-state index contributed by atoms with van der Waals surface area (Å²) in [6.07, 6.45) is 4.97. The maximum Gasteiger partial charge on any atom is 0.532 e. The molecule has 1 saturated heterocycles. The van der Waals surface area contributed by atoms with Crippen LogP contribution in [0.4, 0.5) is 0 Å². The summed E-state index contributed by atoms with van der Waals surface area (Å²) >= 11 is 3.32. The van der Waals surface area contributed by atoms with Gasteiger partial charge in [0.2, 0.25) is 0 Å². The number of carbonyl (C=O) groups is 1. The Labute approximate surface area is 165 Å². The third kappa shape index (κ3) is 4.73. The molecule has 1 fully saturated rings. The summed E-state index contributed by atoms with van der Waals surface area (Å²) in [5, 5.41) is 0. The molecule has 5 nitrogen and oxygen atoms in total. The zero-order chi connectivity index (χ0) is 19.5. The van der Waals surface area contributed by atoms with Gasteiger partial charge in [0.25, 0.3) is 0 Å². The number of halogens is 1. The maximum absolute atomic E-state index is 12.6. The highest BCUT2D eigenvalue weighted by atomic mass is 79.9. The van der Waals surface area contributed by atoms with Crippen LogP contribution < -0.4 is 5.66 Å². The average Bonchev–Trinajstić information content (AvgIpc) is 3.03.